The highest BCUT2D eigenvalue weighted by molar-refractivity contribution is 6.42. The summed E-state index contributed by atoms with van der Waals surface area (Å²) in [4.78, 5) is 19.4. The lowest BCUT2D eigenvalue weighted by molar-refractivity contribution is 0.100. The number of imidazole rings is 1. The van der Waals surface area contributed by atoms with Crippen LogP contribution in [0.5, 0.6) is 5.75 Å². The Morgan fingerprint density at radius 2 is 1.80 bits per heavy atom. The van der Waals surface area contributed by atoms with Gasteiger partial charge in [0.1, 0.15) is 17.7 Å². The maximum absolute atomic E-state index is 11.5. The predicted octanol–water partition coefficient (Wildman–Crippen LogP) is 5.63. The quantitative estimate of drug-likeness (QED) is 0.301. The molecule has 8 heteroatoms. The number of rotatable bonds is 7. The number of piperidine rings is 1. The molecule has 0 saturated carbocycles. The maximum Gasteiger partial charge on any atom is 0.248 e. The molecule has 4 N–H and O–H groups in total. The van der Waals surface area contributed by atoms with Crippen LogP contribution in [0.25, 0.3) is 22.4 Å². The number of ether oxygens (including phenoxy) is 1. The number of halogens is 2. The third-order valence-corrected chi connectivity index (χ3v) is 7.25. The minimum absolute atomic E-state index is 0.0265. The van der Waals surface area contributed by atoms with Crippen LogP contribution in [0.4, 0.5) is 0 Å². The van der Waals surface area contributed by atoms with Crippen LogP contribution >= 0.6 is 23.2 Å². The summed E-state index contributed by atoms with van der Waals surface area (Å²) in [6.45, 7) is 1.99. The number of carbonyl (C=O) groups is 1. The van der Waals surface area contributed by atoms with Gasteiger partial charge in [-0.25, -0.2) is 4.98 Å². The van der Waals surface area contributed by atoms with Gasteiger partial charge < -0.3 is 20.8 Å². The Hall–Kier alpha value is -3.06. The summed E-state index contributed by atoms with van der Waals surface area (Å²) in [5, 5.41) is 4.55. The summed E-state index contributed by atoms with van der Waals surface area (Å²) in [6.07, 6.45) is 2.92. The largest absolute Gasteiger partial charge is 0.490 e. The van der Waals surface area contributed by atoms with E-state index in [-0.39, 0.29) is 6.10 Å². The Kier molecular flexibility index (Phi) is 6.95. The van der Waals surface area contributed by atoms with E-state index < -0.39 is 5.91 Å². The molecule has 1 fully saturated rings. The van der Waals surface area contributed by atoms with Crippen molar-refractivity contribution < 1.29 is 9.53 Å². The lowest BCUT2D eigenvalue weighted by Gasteiger charge is -2.31. The summed E-state index contributed by atoms with van der Waals surface area (Å²) in [6, 6.07) is 18.9. The fourth-order valence-corrected chi connectivity index (χ4v) is 4.90. The zero-order chi connectivity index (χ0) is 24.4. The second-order valence-corrected chi connectivity index (χ2v) is 9.72. The first-order valence-electron chi connectivity index (χ1n) is 11.7. The number of H-pyrrole nitrogens is 1. The molecular formula is C27H26Cl2N4O2. The van der Waals surface area contributed by atoms with E-state index in [2.05, 4.69) is 15.3 Å². The van der Waals surface area contributed by atoms with Crippen LogP contribution in [-0.2, 0) is 6.42 Å². The summed E-state index contributed by atoms with van der Waals surface area (Å²) in [5.74, 6) is 1.51. The second-order valence-electron chi connectivity index (χ2n) is 8.90. The minimum Gasteiger partial charge on any atom is -0.490 e. The fourth-order valence-electron chi connectivity index (χ4n) is 4.58. The van der Waals surface area contributed by atoms with Gasteiger partial charge >= 0.3 is 0 Å². The lowest BCUT2D eigenvalue weighted by atomic mass is 9.88. The van der Waals surface area contributed by atoms with Gasteiger partial charge in [-0.1, -0.05) is 29.3 Å². The molecule has 2 heterocycles. The van der Waals surface area contributed by atoms with E-state index in [1.807, 2.05) is 48.5 Å². The third kappa shape index (κ3) is 5.45. The van der Waals surface area contributed by atoms with Gasteiger partial charge in [0.25, 0.3) is 0 Å². The van der Waals surface area contributed by atoms with Crippen LogP contribution in [0.2, 0.25) is 10.0 Å². The molecule has 6 nitrogen and oxygen atoms in total. The summed E-state index contributed by atoms with van der Waals surface area (Å²) in [7, 11) is 0. The molecule has 5 rings (SSSR count). The molecule has 0 radical (unpaired) electrons. The SMILES string of the molecule is NC(=O)c1ccc2[nH]c(-c3ccc(OC(Cc4ccc(Cl)c(Cl)c4)C4CCNCC4)cc3)nc2c1. The van der Waals surface area contributed by atoms with Gasteiger partial charge in [-0.2, -0.15) is 0 Å². The third-order valence-electron chi connectivity index (χ3n) is 6.51. The second kappa shape index (κ2) is 10.3. The van der Waals surface area contributed by atoms with E-state index in [0.717, 1.165) is 60.6 Å². The molecule has 180 valence electrons. The highest BCUT2D eigenvalue weighted by Crippen LogP contribution is 2.29. The molecule has 1 aromatic heterocycles. The van der Waals surface area contributed by atoms with Crippen molar-refractivity contribution in [3.63, 3.8) is 0 Å². The highest BCUT2D eigenvalue weighted by atomic mass is 35.5. The number of nitrogens with two attached hydrogens (primary N) is 1. The first kappa shape index (κ1) is 23.7. The number of benzene rings is 3. The molecule has 1 aliphatic rings. The molecule has 1 unspecified atom stereocenters. The van der Waals surface area contributed by atoms with Gasteiger partial charge in [0, 0.05) is 17.5 Å². The predicted molar refractivity (Wildman–Crippen MR) is 140 cm³/mol. The number of hydrogen-bond acceptors (Lipinski definition) is 4. The molecule has 0 aliphatic carbocycles. The van der Waals surface area contributed by atoms with Crippen molar-refractivity contribution in [3.8, 4) is 17.1 Å². The Morgan fingerprint density at radius 1 is 1.03 bits per heavy atom. The van der Waals surface area contributed by atoms with Crippen molar-refractivity contribution in [1.29, 1.82) is 0 Å². The summed E-state index contributed by atoms with van der Waals surface area (Å²) >= 11 is 12.4. The zero-order valence-electron chi connectivity index (χ0n) is 19.1. The molecule has 1 saturated heterocycles. The first-order valence-corrected chi connectivity index (χ1v) is 12.4. The minimum atomic E-state index is -0.470. The standard InChI is InChI=1S/C27H26Cl2N4O2/c28-21-7-1-16(13-22(21)29)14-25(17-9-11-31-12-10-17)35-20-5-2-18(3-6-20)27-32-23-8-4-19(26(30)34)15-24(23)33-27/h1-8,13,15,17,25,31H,9-12,14H2,(H2,30,34)(H,32,33). The van der Waals surface area contributed by atoms with Crippen LogP contribution in [0.15, 0.2) is 60.7 Å². The molecule has 0 spiro atoms. The molecule has 1 amide bonds. The number of fused-ring (bicyclic) bond motifs is 1. The molecule has 35 heavy (non-hydrogen) atoms. The van der Waals surface area contributed by atoms with Crippen LogP contribution in [0, 0.1) is 5.92 Å². The maximum atomic E-state index is 11.5. The van der Waals surface area contributed by atoms with Crippen LogP contribution < -0.4 is 15.8 Å². The van der Waals surface area contributed by atoms with E-state index >= 15 is 0 Å². The number of nitrogens with one attached hydrogen (secondary N) is 2. The van der Waals surface area contributed by atoms with Gasteiger partial charge in [-0.15, -0.1) is 0 Å². The van der Waals surface area contributed by atoms with Gasteiger partial charge in [0.15, 0.2) is 0 Å². The number of primary amides is 1. The van der Waals surface area contributed by atoms with Crippen molar-refractivity contribution in [2.24, 2.45) is 11.7 Å². The topological polar surface area (TPSA) is 93.0 Å². The summed E-state index contributed by atoms with van der Waals surface area (Å²) < 4.78 is 6.53. The van der Waals surface area contributed by atoms with E-state index in [9.17, 15) is 4.79 Å². The smallest absolute Gasteiger partial charge is 0.248 e. The molecular weight excluding hydrogens is 483 g/mol. The van der Waals surface area contributed by atoms with Crippen molar-refractivity contribution in [2.45, 2.75) is 25.4 Å². The average Bonchev–Trinajstić information content (AvgIpc) is 3.30. The van der Waals surface area contributed by atoms with Gasteiger partial charge in [0.2, 0.25) is 5.91 Å². The fraction of sp³-hybridized carbons (Fsp3) is 0.259. The lowest BCUT2D eigenvalue weighted by Crippen LogP contribution is -2.38. The van der Waals surface area contributed by atoms with Crippen LogP contribution in [0.3, 0.4) is 0 Å². The number of nitrogens with zero attached hydrogens (tertiary/aromatic N) is 1. The van der Waals surface area contributed by atoms with Crippen LogP contribution in [-0.4, -0.2) is 35.1 Å². The molecule has 1 aliphatic heterocycles. The van der Waals surface area contributed by atoms with E-state index in [1.165, 1.54) is 0 Å². The number of aromatic amines is 1. The van der Waals surface area contributed by atoms with E-state index in [4.69, 9.17) is 33.7 Å². The van der Waals surface area contributed by atoms with Crippen molar-refractivity contribution in [3.05, 3.63) is 81.8 Å². The normalized spacial score (nSPS) is 15.3. The molecule has 4 aromatic rings. The van der Waals surface area contributed by atoms with Gasteiger partial charge in [-0.05, 0) is 92.0 Å². The molecule has 1 atom stereocenters. The number of carbonyl (C=O) groups excluding carboxylic acids is 1. The van der Waals surface area contributed by atoms with Crippen LogP contribution in [0.1, 0.15) is 28.8 Å². The Labute approximate surface area is 213 Å². The Bertz CT molecular complexity index is 1350. The van der Waals surface area contributed by atoms with Crippen molar-refractivity contribution in [1.82, 2.24) is 15.3 Å². The Morgan fingerprint density at radius 3 is 2.51 bits per heavy atom. The number of amides is 1. The van der Waals surface area contributed by atoms with E-state index in [0.29, 0.717) is 27.0 Å². The zero-order valence-corrected chi connectivity index (χ0v) is 20.6. The highest BCUT2D eigenvalue weighted by Gasteiger charge is 2.26. The van der Waals surface area contributed by atoms with Gasteiger partial charge in [-0.3, -0.25) is 4.79 Å². The van der Waals surface area contributed by atoms with Crippen molar-refractivity contribution in [2.75, 3.05) is 13.1 Å². The summed E-state index contributed by atoms with van der Waals surface area (Å²) in [5.41, 5.74) is 9.40. The Balaban J connectivity index is 1.35. The molecule has 3 aromatic carbocycles. The number of aromatic nitrogens is 2. The number of hydrogen-bond donors (Lipinski definition) is 3. The molecule has 0 bridgehead atoms. The van der Waals surface area contributed by atoms with Crippen molar-refractivity contribution >= 4 is 40.1 Å². The first-order chi connectivity index (χ1) is 17.0. The van der Waals surface area contributed by atoms with E-state index in [1.54, 1.807) is 12.1 Å². The van der Waals surface area contributed by atoms with Gasteiger partial charge in [0.05, 0.1) is 21.1 Å². The average molecular weight is 509 g/mol. The monoisotopic (exact) mass is 508 g/mol.